The first-order valence-corrected chi connectivity index (χ1v) is 8.00. The molecule has 2 aromatic carbocycles. The first-order valence-electron chi connectivity index (χ1n) is 8.00. The van der Waals surface area contributed by atoms with Gasteiger partial charge in [0.2, 0.25) is 0 Å². The van der Waals surface area contributed by atoms with Crippen molar-refractivity contribution in [1.82, 2.24) is 5.32 Å². The Morgan fingerprint density at radius 2 is 1.60 bits per heavy atom. The Morgan fingerprint density at radius 3 is 2.24 bits per heavy atom. The Hall–Kier alpha value is -3.15. The van der Waals surface area contributed by atoms with E-state index >= 15 is 0 Å². The van der Waals surface area contributed by atoms with Gasteiger partial charge in [0.1, 0.15) is 0 Å². The van der Waals surface area contributed by atoms with Gasteiger partial charge in [0, 0.05) is 12.2 Å². The van der Waals surface area contributed by atoms with Crippen LogP contribution >= 0.6 is 0 Å². The van der Waals surface area contributed by atoms with Gasteiger partial charge in [-0.25, -0.2) is 4.79 Å². The number of ether oxygens (including phenoxy) is 1. The highest BCUT2D eigenvalue weighted by Crippen LogP contribution is 2.10. The second-order valence-electron chi connectivity index (χ2n) is 5.24. The number of rotatable bonds is 6. The molecule has 25 heavy (non-hydrogen) atoms. The summed E-state index contributed by atoms with van der Waals surface area (Å²) in [7, 11) is 0. The minimum Gasteiger partial charge on any atom is -0.462 e. The molecule has 0 aliphatic heterocycles. The van der Waals surface area contributed by atoms with E-state index in [-0.39, 0.29) is 0 Å². The molecule has 0 spiro atoms. The molecular formula is C19H20N2O4. The van der Waals surface area contributed by atoms with E-state index in [9.17, 15) is 14.4 Å². The van der Waals surface area contributed by atoms with E-state index in [0.29, 0.717) is 30.8 Å². The number of carbonyl (C=O) groups is 3. The smallest absolute Gasteiger partial charge is 0.338 e. The van der Waals surface area contributed by atoms with Crippen LogP contribution in [0.5, 0.6) is 0 Å². The van der Waals surface area contributed by atoms with E-state index in [2.05, 4.69) is 10.6 Å². The molecule has 6 heteroatoms. The molecule has 0 bridgehead atoms. The summed E-state index contributed by atoms with van der Waals surface area (Å²) in [5.41, 5.74) is 1.89. The van der Waals surface area contributed by atoms with Crippen LogP contribution < -0.4 is 10.6 Å². The molecule has 2 N–H and O–H groups in total. The van der Waals surface area contributed by atoms with Gasteiger partial charge in [-0.2, -0.15) is 0 Å². The number of esters is 1. The van der Waals surface area contributed by atoms with Gasteiger partial charge in [0.25, 0.3) is 0 Å². The molecule has 0 radical (unpaired) electrons. The van der Waals surface area contributed by atoms with Crippen molar-refractivity contribution in [2.75, 3.05) is 18.5 Å². The van der Waals surface area contributed by atoms with Gasteiger partial charge in [-0.3, -0.25) is 9.59 Å². The lowest BCUT2D eigenvalue weighted by molar-refractivity contribution is -0.136. The van der Waals surface area contributed by atoms with Crippen molar-refractivity contribution in [3.63, 3.8) is 0 Å². The maximum Gasteiger partial charge on any atom is 0.338 e. The van der Waals surface area contributed by atoms with Gasteiger partial charge >= 0.3 is 17.8 Å². The van der Waals surface area contributed by atoms with Crippen molar-refractivity contribution in [2.45, 2.75) is 13.3 Å². The lowest BCUT2D eigenvalue weighted by Gasteiger charge is -2.07. The minimum atomic E-state index is -0.753. The average molecular weight is 340 g/mol. The number of benzene rings is 2. The molecule has 2 aromatic rings. The summed E-state index contributed by atoms with van der Waals surface area (Å²) >= 11 is 0. The maximum absolute atomic E-state index is 11.9. The topological polar surface area (TPSA) is 84.5 Å². The van der Waals surface area contributed by atoms with Gasteiger partial charge in [-0.1, -0.05) is 30.3 Å². The molecule has 130 valence electrons. The summed E-state index contributed by atoms with van der Waals surface area (Å²) in [5.74, 6) is -1.89. The molecule has 0 atom stereocenters. The minimum absolute atomic E-state index is 0.292. The van der Waals surface area contributed by atoms with Crippen molar-refractivity contribution in [3.05, 3.63) is 65.7 Å². The van der Waals surface area contributed by atoms with Gasteiger partial charge < -0.3 is 15.4 Å². The third kappa shape index (κ3) is 5.76. The second-order valence-corrected chi connectivity index (χ2v) is 5.24. The summed E-state index contributed by atoms with van der Waals surface area (Å²) in [6.07, 6.45) is 0.647. The molecule has 2 amide bonds. The number of amides is 2. The SMILES string of the molecule is CCOC(=O)c1ccc(NC(=O)C(=O)NCCc2ccccc2)cc1. The van der Waals surface area contributed by atoms with E-state index in [0.717, 1.165) is 5.56 Å². The predicted molar refractivity (Wildman–Crippen MR) is 94.2 cm³/mol. The molecular weight excluding hydrogens is 320 g/mol. The molecule has 6 nitrogen and oxygen atoms in total. The standard InChI is InChI=1S/C19H20N2O4/c1-2-25-19(24)15-8-10-16(11-9-15)21-18(23)17(22)20-13-12-14-6-4-3-5-7-14/h3-11H,2,12-13H2,1H3,(H,20,22)(H,21,23). The van der Waals surface area contributed by atoms with Crippen LogP contribution in [0.3, 0.4) is 0 Å². The molecule has 0 unspecified atom stereocenters. The fourth-order valence-corrected chi connectivity index (χ4v) is 2.14. The van der Waals surface area contributed by atoms with Crippen molar-refractivity contribution in [1.29, 1.82) is 0 Å². The Labute approximate surface area is 146 Å². The van der Waals surface area contributed by atoms with Gasteiger partial charge in [0.15, 0.2) is 0 Å². The van der Waals surface area contributed by atoms with Crippen LogP contribution in [0.15, 0.2) is 54.6 Å². The lowest BCUT2D eigenvalue weighted by Crippen LogP contribution is -2.36. The largest absolute Gasteiger partial charge is 0.462 e. The van der Waals surface area contributed by atoms with Crippen LogP contribution in [0.25, 0.3) is 0 Å². The van der Waals surface area contributed by atoms with Gasteiger partial charge in [-0.15, -0.1) is 0 Å². The van der Waals surface area contributed by atoms with Crippen LogP contribution in [0.2, 0.25) is 0 Å². The number of anilines is 1. The highest BCUT2D eigenvalue weighted by Gasteiger charge is 2.13. The molecule has 0 saturated heterocycles. The van der Waals surface area contributed by atoms with Crippen LogP contribution in [-0.4, -0.2) is 30.9 Å². The highest BCUT2D eigenvalue weighted by atomic mass is 16.5. The third-order valence-electron chi connectivity index (χ3n) is 3.40. The zero-order valence-electron chi connectivity index (χ0n) is 14.0. The summed E-state index contributed by atoms with van der Waals surface area (Å²) in [4.78, 5) is 35.2. The second kappa shape index (κ2) is 9.22. The highest BCUT2D eigenvalue weighted by molar-refractivity contribution is 6.39. The van der Waals surface area contributed by atoms with Crippen molar-refractivity contribution in [2.24, 2.45) is 0 Å². The number of hydrogen-bond donors (Lipinski definition) is 2. The van der Waals surface area contributed by atoms with Crippen LogP contribution in [0.1, 0.15) is 22.8 Å². The Balaban J connectivity index is 1.80. The summed E-state index contributed by atoms with van der Waals surface area (Å²) in [6, 6.07) is 15.8. The average Bonchev–Trinajstić information content (AvgIpc) is 2.63. The normalized spacial score (nSPS) is 9.96. The zero-order chi connectivity index (χ0) is 18.1. The van der Waals surface area contributed by atoms with E-state index in [1.807, 2.05) is 30.3 Å². The number of carbonyl (C=O) groups excluding carboxylic acids is 3. The summed E-state index contributed by atoms with van der Waals surface area (Å²) in [5, 5.41) is 5.06. The quantitative estimate of drug-likeness (QED) is 0.623. The fraction of sp³-hybridized carbons (Fsp3) is 0.211. The maximum atomic E-state index is 11.9. The molecule has 0 aromatic heterocycles. The third-order valence-corrected chi connectivity index (χ3v) is 3.40. The van der Waals surface area contributed by atoms with E-state index in [4.69, 9.17) is 4.74 Å². The molecule has 0 saturated carbocycles. The van der Waals surface area contributed by atoms with E-state index in [1.54, 1.807) is 19.1 Å². The zero-order valence-corrected chi connectivity index (χ0v) is 14.0. The van der Waals surface area contributed by atoms with E-state index < -0.39 is 17.8 Å². The Bertz CT molecular complexity index is 727. The lowest BCUT2D eigenvalue weighted by atomic mass is 10.1. The monoisotopic (exact) mass is 340 g/mol. The number of nitrogens with one attached hydrogen (secondary N) is 2. The first kappa shape index (κ1) is 18.2. The number of hydrogen-bond acceptors (Lipinski definition) is 4. The molecule has 0 aliphatic rings. The molecule has 2 rings (SSSR count). The summed E-state index contributed by atoms with van der Waals surface area (Å²) < 4.78 is 4.88. The van der Waals surface area contributed by atoms with E-state index in [1.165, 1.54) is 12.1 Å². The van der Waals surface area contributed by atoms with Crippen molar-refractivity contribution >= 4 is 23.5 Å². The molecule has 0 heterocycles. The van der Waals surface area contributed by atoms with Gasteiger partial charge in [-0.05, 0) is 43.2 Å². The predicted octanol–water partition coefficient (Wildman–Crippen LogP) is 2.16. The Morgan fingerprint density at radius 1 is 0.920 bits per heavy atom. The molecule has 0 aliphatic carbocycles. The molecule has 0 fully saturated rings. The van der Waals surface area contributed by atoms with Crippen molar-refractivity contribution < 1.29 is 19.1 Å². The fourth-order valence-electron chi connectivity index (χ4n) is 2.14. The van der Waals surface area contributed by atoms with Gasteiger partial charge in [0.05, 0.1) is 12.2 Å². The van der Waals surface area contributed by atoms with Crippen LogP contribution in [0, 0.1) is 0 Å². The van der Waals surface area contributed by atoms with Crippen LogP contribution in [0.4, 0.5) is 5.69 Å². The Kier molecular flexibility index (Phi) is 6.71. The van der Waals surface area contributed by atoms with Crippen molar-refractivity contribution in [3.8, 4) is 0 Å². The van der Waals surface area contributed by atoms with Crippen LogP contribution in [-0.2, 0) is 20.7 Å². The summed E-state index contributed by atoms with van der Waals surface area (Å²) in [6.45, 7) is 2.39. The first-order chi connectivity index (χ1) is 12.1.